The average Bonchev–Trinajstić information content (AvgIpc) is 3.84. The van der Waals surface area contributed by atoms with Crippen LogP contribution < -0.4 is 0 Å². The van der Waals surface area contributed by atoms with Crippen molar-refractivity contribution in [1.82, 2.24) is 9.97 Å². The van der Waals surface area contributed by atoms with Crippen molar-refractivity contribution >= 4 is 76.3 Å². The van der Waals surface area contributed by atoms with E-state index in [-0.39, 0.29) is 6.29 Å². The minimum Gasteiger partial charge on any atom is -0.342 e. The number of aryl methyl sites for hydroxylation is 2. The smallest absolute Gasteiger partial charge is 0.202 e. The zero-order valence-electron chi connectivity index (χ0n) is 32.6. The molecule has 0 aliphatic carbocycles. The highest BCUT2D eigenvalue weighted by atomic mass is 127. The lowest BCUT2D eigenvalue weighted by Crippen LogP contribution is -2.05. The van der Waals surface area contributed by atoms with Crippen LogP contribution in [0.5, 0.6) is 0 Å². The van der Waals surface area contributed by atoms with Gasteiger partial charge in [0.15, 0.2) is 0 Å². The van der Waals surface area contributed by atoms with Crippen LogP contribution in [0.15, 0.2) is 161 Å². The van der Waals surface area contributed by atoms with Gasteiger partial charge in [-0.15, -0.1) is 0 Å². The van der Waals surface area contributed by atoms with E-state index in [4.69, 9.17) is 28.9 Å². The lowest BCUT2D eigenvalue weighted by molar-refractivity contribution is -0.147. The summed E-state index contributed by atoms with van der Waals surface area (Å²) in [5.74, 6) is 0. The molecule has 0 saturated heterocycles. The van der Waals surface area contributed by atoms with Crippen molar-refractivity contribution in [3.8, 4) is 11.1 Å². The van der Waals surface area contributed by atoms with Gasteiger partial charge in [0.1, 0.15) is 11.4 Å². The third kappa shape index (κ3) is 10.7. The Kier molecular flexibility index (Phi) is 13.6. The first-order chi connectivity index (χ1) is 28.7. The fraction of sp³-hybridized carbons (Fsp3) is 0.160. The first-order valence-electron chi connectivity index (χ1n) is 19.3. The SMILES string of the molecule is Brc1ccc(I)cc1.Cc1cc(COC2OCc3cc4ccccc4nc32)cc(-c2ccc(Br)cc2)c1.Cc1cccc(COC2OCc3cc4ccccc4nc32)c1. The van der Waals surface area contributed by atoms with Gasteiger partial charge in [-0.3, -0.25) is 0 Å². The van der Waals surface area contributed by atoms with E-state index in [2.05, 4.69) is 165 Å². The second-order valence-corrected chi connectivity index (χ2v) is 17.6. The van der Waals surface area contributed by atoms with Crippen LogP contribution in [-0.2, 0) is 45.4 Å². The zero-order chi connectivity index (χ0) is 40.7. The van der Waals surface area contributed by atoms with Crippen molar-refractivity contribution in [3.05, 3.63) is 209 Å². The molecule has 2 atom stereocenters. The molecule has 4 heterocycles. The Hall–Kier alpha value is -4.33. The maximum atomic E-state index is 6.14. The molecule has 8 aromatic rings. The Morgan fingerprint density at radius 2 is 1.07 bits per heavy atom. The molecule has 2 aromatic heterocycles. The number of benzene rings is 6. The Labute approximate surface area is 375 Å². The maximum Gasteiger partial charge on any atom is 0.202 e. The molecular weight excluding hydrogens is 979 g/mol. The molecule has 10 rings (SSSR count). The number of ether oxygens (including phenoxy) is 4. The van der Waals surface area contributed by atoms with E-state index in [1.165, 1.54) is 25.8 Å². The highest BCUT2D eigenvalue weighted by molar-refractivity contribution is 14.1. The zero-order valence-corrected chi connectivity index (χ0v) is 37.9. The Bertz CT molecular complexity index is 2690. The van der Waals surface area contributed by atoms with Crippen molar-refractivity contribution in [2.45, 2.75) is 52.9 Å². The van der Waals surface area contributed by atoms with E-state index in [0.29, 0.717) is 26.4 Å². The van der Waals surface area contributed by atoms with Crippen LogP contribution in [0.3, 0.4) is 0 Å². The number of hydrogen-bond donors (Lipinski definition) is 0. The molecule has 2 unspecified atom stereocenters. The van der Waals surface area contributed by atoms with Gasteiger partial charge >= 0.3 is 0 Å². The molecule has 0 bridgehead atoms. The summed E-state index contributed by atoms with van der Waals surface area (Å²) in [6, 6.07) is 52.0. The van der Waals surface area contributed by atoms with Gasteiger partial charge in [0.25, 0.3) is 0 Å². The van der Waals surface area contributed by atoms with Gasteiger partial charge in [-0.25, -0.2) is 9.97 Å². The van der Waals surface area contributed by atoms with Crippen LogP contribution >= 0.6 is 54.5 Å². The molecule has 0 fully saturated rings. The molecule has 2 aliphatic rings. The molecule has 6 aromatic carbocycles. The number of para-hydroxylation sites is 2. The molecule has 296 valence electrons. The number of rotatable bonds is 7. The van der Waals surface area contributed by atoms with E-state index >= 15 is 0 Å². The quantitative estimate of drug-likeness (QED) is 0.148. The van der Waals surface area contributed by atoms with E-state index < -0.39 is 6.29 Å². The number of fused-ring (bicyclic) bond motifs is 4. The van der Waals surface area contributed by atoms with Crippen molar-refractivity contribution < 1.29 is 18.9 Å². The molecule has 0 saturated carbocycles. The third-order valence-electron chi connectivity index (χ3n) is 9.90. The normalized spacial score (nSPS) is 15.2. The van der Waals surface area contributed by atoms with Gasteiger partial charge in [0.05, 0.1) is 37.5 Å². The molecule has 6 nitrogen and oxygen atoms in total. The van der Waals surface area contributed by atoms with Crippen molar-refractivity contribution in [2.75, 3.05) is 0 Å². The number of halogens is 3. The predicted octanol–water partition coefficient (Wildman–Crippen LogP) is 14.1. The summed E-state index contributed by atoms with van der Waals surface area (Å²) < 4.78 is 27.2. The summed E-state index contributed by atoms with van der Waals surface area (Å²) in [7, 11) is 0. The molecule has 0 spiro atoms. The average molecular weight is 1020 g/mol. The summed E-state index contributed by atoms with van der Waals surface area (Å²) in [5.41, 5.74) is 13.1. The van der Waals surface area contributed by atoms with E-state index in [1.54, 1.807) is 0 Å². The lowest BCUT2D eigenvalue weighted by Gasteiger charge is -2.14. The second kappa shape index (κ2) is 19.4. The first kappa shape index (κ1) is 41.4. The number of aromatic nitrogens is 2. The Morgan fingerprint density at radius 1 is 0.542 bits per heavy atom. The van der Waals surface area contributed by atoms with Gasteiger partial charge in [0, 0.05) is 34.4 Å². The summed E-state index contributed by atoms with van der Waals surface area (Å²) in [6.07, 6.45) is -0.800. The van der Waals surface area contributed by atoms with Gasteiger partial charge in [-0.2, -0.15) is 0 Å². The van der Waals surface area contributed by atoms with E-state index in [9.17, 15) is 0 Å². The summed E-state index contributed by atoms with van der Waals surface area (Å²) in [5, 5.41) is 2.28. The first-order valence-corrected chi connectivity index (χ1v) is 22.0. The lowest BCUT2D eigenvalue weighted by atomic mass is 10.0. The summed E-state index contributed by atoms with van der Waals surface area (Å²) in [6.45, 7) is 6.30. The number of hydrogen-bond acceptors (Lipinski definition) is 6. The summed E-state index contributed by atoms with van der Waals surface area (Å²) in [4.78, 5) is 9.50. The number of nitrogens with zero attached hydrogens (tertiary/aromatic N) is 2. The number of pyridine rings is 2. The fourth-order valence-electron chi connectivity index (χ4n) is 7.06. The molecule has 0 radical (unpaired) electrons. The third-order valence-corrected chi connectivity index (χ3v) is 11.7. The van der Waals surface area contributed by atoms with Gasteiger partial charge in [0.2, 0.25) is 12.6 Å². The standard InChI is InChI=1S/C25H20BrNO2.C19H17NO2.C6H4BrI/c1-16-10-17(12-20(11-16)18-6-8-22(26)9-7-18)14-28-25-24-21(15-29-25)13-19-4-2-3-5-23(19)27-24;1-13-5-4-6-14(9-13)11-21-19-18-16(12-22-19)10-15-7-2-3-8-17(15)20-18;7-5-1-3-6(8)4-2-5/h2-13,25H,14-15H2,1H3;2-10,19H,11-12H2,1H3;1-4H. The Morgan fingerprint density at radius 3 is 1.63 bits per heavy atom. The van der Waals surface area contributed by atoms with Crippen LogP contribution in [0.2, 0.25) is 0 Å². The van der Waals surface area contributed by atoms with Crippen LogP contribution in [0.1, 0.15) is 57.3 Å². The van der Waals surface area contributed by atoms with Crippen LogP contribution in [0.4, 0.5) is 0 Å². The minimum atomic E-state index is -0.425. The summed E-state index contributed by atoms with van der Waals surface area (Å²) >= 11 is 9.12. The van der Waals surface area contributed by atoms with Crippen molar-refractivity contribution in [3.63, 3.8) is 0 Å². The Balaban J connectivity index is 0.000000142. The van der Waals surface area contributed by atoms with Gasteiger partial charge in [-0.05, 0) is 125 Å². The fourth-order valence-corrected chi connectivity index (χ4v) is 7.95. The molecule has 9 heteroatoms. The van der Waals surface area contributed by atoms with Crippen molar-refractivity contribution in [2.24, 2.45) is 0 Å². The molecular formula is C50H41Br2IN2O4. The predicted molar refractivity (Wildman–Crippen MR) is 250 cm³/mol. The maximum absolute atomic E-state index is 6.14. The highest BCUT2D eigenvalue weighted by Gasteiger charge is 2.27. The topological polar surface area (TPSA) is 62.7 Å². The van der Waals surface area contributed by atoms with Gasteiger partial charge in [-0.1, -0.05) is 128 Å². The second-order valence-electron chi connectivity index (χ2n) is 14.5. The van der Waals surface area contributed by atoms with Crippen molar-refractivity contribution in [1.29, 1.82) is 0 Å². The van der Waals surface area contributed by atoms with Crippen LogP contribution in [0, 0.1) is 17.4 Å². The van der Waals surface area contributed by atoms with Gasteiger partial charge < -0.3 is 18.9 Å². The largest absolute Gasteiger partial charge is 0.342 e. The molecule has 0 amide bonds. The molecule has 0 N–H and O–H groups in total. The van der Waals surface area contributed by atoms with Crippen LogP contribution in [-0.4, -0.2) is 9.97 Å². The van der Waals surface area contributed by atoms with Crippen LogP contribution in [0.25, 0.3) is 32.9 Å². The highest BCUT2D eigenvalue weighted by Crippen LogP contribution is 2.35. The van der Waals surface area contributed by atoms with E-state index in [0.717, 1.165) is 64.4 Å². The monoisotopic (exact) mass is 1020 g/mol. The molecule has 59 heavy (non-hydrogen) atoms. The van der Waals surface area contributed by atoms with E-state index in [1.807, 2.05) is 54.6 Å². The minimum absolute atomic E-state index is 0.375. The molecule has 2 aliphatic heterocycles.